The summed E-state index contributed by atoms with van der Waals surface area (Å²) in [5.41, 5.74) is 2.55. The second-order valence-electron chi connectivity index (χ2n) is 9.11. The van der Waals surface area contributed by atoms with Crippen LogP contribution in [-0.4, -0.2) is 40.0 Å². The Morgan fingerprint density at radius 2 is 1.49 bits per heavy atom. The Bertz CT molecular complexity index is 1130. The van der Waals surface area contributed by atoms with Gasteiger partial charge in [0.05, 0.1) is 17.3 Å². The van der Waals surface area contributed by atoms with E-state index in [0.717, 1.165) is 17.2 Å². The maximum Gasteiger partial charge on any atom is 0.411 e. The van der Waals surface area contributed by atoms with E-state index in [1.807, 2.05) is 54.6 Å². The number of rotatable bonds is 10. The number of hydrogen-bond donors (Lipinski definition) is 1. The SMILES string of the molecule is C[Si](C)(C)CCOC(=O)c1c(Cl)cccc1NC(=O)OCCOc1ccc(-c2ccccc2)cc1. The predicted octanol–water partition coefficient (Wildman–Crippen LogP) is 7.13. The van der Waals surface area contributed by atoms with Gasteiger partial charge in [-0.1, -0.05) is 79.8 Å². The molecule has 0 aliphatic carbocycles. The second-order valence-corrected chi connectivity index (χ2v) is 15.1. The van der Waals surface area contributed by atoms with E-state index in [1.165, 1.54) is 0 Å². The largest absolute Gasteiger partial charge is 0.490 e. The Hall–Kier alpha value is -3.29. The van der Waals surface area contributed by atoms with Crippen molar-refractivity contribution in [3.8, 4) is 16.9 Å². The van der Waals surface area contributed by atoms with E-state index in [2.05, 4.69) is 25.0 Å². The summed E-state index contributed by atoms with van der Waals surface area (Å²) in [6.07, 6.45) is -0.716. The van der Waals surface area contributed by atoms with Crippen LogP contribution in [0.15, 0.2) is 72.8 Å². The maximum absolute atomic E-state index is 12.6. The van der Waals surface area contributed by atoms with Gasteiger partial charge in [0.2, 0.25) is 0 Å². The van der Waals surface area contributed by atoms with Crippen LogP contribution in [0.5, 0.6) is 5.75 Å². The van der Waals surface area contributed by atoms with Crippen molar-refractivity contribution in [2.45, 2.75) is 25.7 Å². The zero-order chi connectivity index (χ0) is 25.3. The molecule has 0 spiro atoms. The lowest BCUT2D eigenvalue weighted by atomic mass is 10.1. The van der Waals surface area contributed by atoms with Crippen molar-refractivity contribution < 1.29 is 23.8 Å². The number of ether oxygens (including phenoxy) is 3. The van der Waals surface area contributed by atoms with Crippen LogP contribution >= 0.6 is 11.6 Å². The first-order valence-electron chi connectivity index (χ1n) is 11.4. The minimum atomic E-state index is -1.35. The van der Waals surface area contributed by atoms with E-state index in [4.69, 9.17) is 25.8 Å². The molecule has 8 heteroatoms. The molecule has 0 saturated heterocycles. The van der Waals surface area contributed by atoms with Gasteiger partial charge in [-0.3, -0.25) is 5.32 Å². The van der Waals surface area contributed by atoms with Gasteiger partial charge in [0.25, 0.3) is 0 Å². The van der Waals surface area contributed by atoms with E-state index < -0.39 is 20.1 Å². The van der Waals surface area contributed by atoms with Crippen LogP contribution in [0.2, 0.25) is 30.7 Å². The highest BCUT2D eigenvalue weighted by atomic mass is 35.5. The summed E-state index contributed by atoms with van der Waals surface area (Å²) in [6, 6.07) is 23.4. The summed E-state index contributed by atoms with van der Waals surface area (Å²) in [5.74, 6) is 0.0957. The normalized spacial score (nSPS) is 11.0. The number of amides is 1. The van der Waals surface area contributed by atoms with Gasteiger partial charge in [-0.25, -0.2) is 9.59 Å². The quantitative estimate of drug-likeness (QED) is 0.178. The molecule has 0 aliphatic heterocycles. The summed E-state index contributed by atoms with van der Waals surface area (Å²) < 4.78 is 16.2. The highest BCUT2D eigenvalue weighted by Gasteiger charge is 2.20. The van der Waals surface area contributed by atoms with E-state index in [-0.39, 0.29) is 29.5 Å². The summed E-state index contributed by atoms with van der Waals surface area (Å²) in [6.45, 7) is 7.11. The Labute approximate surface area is 212 Å². The Balaban J connectivity index is 1.47. The molecule has 0 heterocycles. The summed E-state index contributed by atoms with van der Waals surface area (Å²) in [5, 5.41) is 2.77. The number of halogens is 1. The van der Waals surface area contributed by atoms with Crippen LogP contribution < -0.4 is 10.1 Å². The zero-order valence-electron chi connectivity index (χ0n) is 20.2. The lowest BCUT2D eigenvalue weighted by molar-refractivity contribution is 0.0526. The van der Waals surface area contributed by atoms with Crippen LogP contribution in [0.3, 0.4) is 0 Å². The third-order valence-corrected chi connectivity index (χ3v) is 7.11. The van der Waals surface area contributed by atoms with Gasteiger partial charge in [-0.15, -0.1) is 0 Å². The molecule has 0 aliphatic rings. The molecule has 0 radical (unpaired) electrons. The van der Waals surface area contributed by atoms with E-state index >= 15 is 0 Å². The van der Waals surface area contributed by atoms with Crippen molar-refractivity contribution in [3.05, 3.63) is 83.4 Å². The van der Waals surface area contributed by atoms with Crippen LogP contribution in [0.4, 0.5) is 10.5 Å². The third-order valence-electron chi connectivity index (χ3n) is 5.09. The van der Waals surface area contributed by atoms with Gasteiger partial charge in [0, 0.05) is 8.07 Å². The summed E-state index contributed by atoms with van der Waals surface area (Å²) in [7, 11) is -1.35. The molecule has 0 bridgehead atoms. The Morgan fingerprint density at radius 1 is 0.800 bits per heavy atom. The van der Waals surface area contributed by atoms with Crippen LogP contribution in [0.1, 0.15) is 10.4 Å². The first-order chi connectivity index (χ1) is 16.7. The van der Waals surface area contributed by atoms with Crippen molar-refractivity contribution in [1.29, 1.82) is 0 Å². The fraction of sp³-hybridized carbons (Fsp3) is 0.259. The number of benzene rings is 3. The minimum Gasteiger partial charge on any atom is -0.490 e. The van der Waals surface area contributed by atoms with Gasteiger partial charge < -0.3 is 14.2 Å². The molecule has 1 N–H and O–H groups in total. The second kappa shape index (κ2) is 12.4. The summed E-state index contributed by atoms with van der Waals surface area (Å²) in [4.78, 5) is 24.9. The lowest BCUT2D eigenvalue weighted by Crippen LogP contribution is -2.23. The van der Waals surface area contributed by atoms with E-state index in [0.29, 0.717) is 12.4 Å². The molecular formula is C27H30ClNO5Si. The highest BCUT2D eigenvalue weighted by Crippen LogP contribution is 2.26. The van der Waals surface area contributed by atoms with Crippen LogP contribution in [0, 0.1) is 0 Å². The fourth-order valence-electron chi connectivity index (χ4n) is 3.17. The average Bonchev–Trinajstić information content (AvgIpc) is 2.82. The molecule has 0 saturated carbocycles. The number of esters is 1. The van der Waals surface area contributed by atoms with Gasteiger partial charge in [-0.2, -0.15) is 0 Å². The lowest BCUT2D eigenvalue weighted by Gasteiger charge is -2.16. The molecular weight excluding hydrogens is 482 g/mol. The van der Waals surface area contributed by atoms with Crippen molar-refractivity contribution in [1.82, 2.24) is 0 Å². The molecule has 0 aromatic heterocycles. The molecule has 0 atom stereocenters. The predicted molar refractivity (Wildman–Crippen MR) is 142 cm³/mol. The van der Waals surface area contributed by atoms with Crippen molar-refractivity contribution in [2.75, 3.05) is 25.1 Å². The fourth-order valence-corrected chi connectivity index (χ4v) is 4.14. The zero-order valence-corrected chi connectivity index (χ0v) is 21.9. The number of carbonyl (C=O) groups excluding carboxylic acids is 2. The highest BCUT2D eigenvalue weighted by molar-refractivity contribution is 6.76. The standard InChI is InChI=1S/C27H30ClNO5Si/c1-35(2,3)19-18-33-26(30)25-23(28)10-7-11-24(25)29-27(31)34-17-16-32-22-14-12-21(13-15-22)20-8-5-4-6-9-20/h4-15H,16-19H2,1-3H3,(H,29,31). The molecule has 35 heavy (non-hydrogen) atoms. The molecule has 3 rings (SSSR count). The van der Waals surface area contributed by atoms with Crippen molar-refractivity contribution >= 4 is 37.4 Å². The van der Waals surface area contributed by atoms with E-state index in [9.17, 15) is 9.59 Å². The molecule has 3 aromatic carbocycles. The van der Waals surface area contributed by atoms with Gasteiger partial charge in [0.15, 0.2) is 0 Å². The van der Waals surface area contributed by atoms with Crippen LogP contribution in [0.25, 0.3) is 11.1 Å². The van der Waals surface area contributed by atoms with Gasteiger partial charge in [-0.05, 0) is 41.4 Å². The van der Waals surface area contributed by atoms with Gasteiger partial charge in [0.1, 0.15) is 24.5 Å². The third kappa shape index (κ3) is 8.46. The molecule has 184 valence electrons. The number of nitrogens with one attached hydrogen (secondary N) is 1. The molecule has 1 amide bonds. The minimum absolute atomic E-state index is 0.0306. The number of hydrogen-bond acceptors (Lipinski definition) is 5. The first kappa shape index (κ1) is 26.3. The average molecular weight is 512 g/mol. The number of anilines is 1. The van der Waals surface area contributed by atoms with E-state index in [1.54, 1.807) is 18.2 Å². The first-order valence-corrected chi connectivity index (χ1v) is 15.5. The van der Waals surface area contributed by atoms with Crippen LogP contribution in [-0.2, 0) is 9.47 Å². The van der Waals surface area contributed by atoms with Crippen molar-refractivity contribution in [2.24, 2.45) is 0 Å². The van der Waals surface area contributed by atoms with Gasteiger partial charge >= 0.3 is 12.1 Å². The maximum atomic E-state index is 12.6. The smallest absolute Gasteiger partial charge is 0.411 e. The Kier molecular flexibility index (Phi) is 9.34. The summed E-state index contributed by atoms with van der Waals surface area (Å²) >= 11 is 6.22. The Morgan fingerprint density at radius 3 is 2.17 bits per heavy atom. The van der Waals surface area contributed by atoms with Crippen molar-refractivity contribution in [3.63, 3.8) is 0 Å². The molecule has 0 fully saturated rings. The molecule has 0 unspecified atom stereocenters. The topological polar surface area (TPSA) is 73.9 Å². The molecule has 3 aromatic rings. The number of carbonyl (C=O) groups is 2. The monoisotopic (exact) mass is 511 g/mol. The molecule has 6 nitrogen and oxygen atoms in total.